The Morgan fingerprint density at radius 1 is 1.29 bits per heavy atom. The number of anilines is 1. The minimum atomic E-state index is -0.476. The fourth-order valence-corrected chi connectivity index (χ4v) is 2.49. The first-order valence-electron chi connectivity index (χ1n) is 7.26. The van der Waals surface area contributed by atoms with Crippen LogP contribution >= 0.6 is 0 Å². The lowest BCUT2D eigenvalue weighted by Crippen LogP contribution is -2.49. The number of aromatic nitrogens is 1. The standard InChI is InChI=1S/C15H22N4O2/c1-11(2)10-13(20)18-6-8-19(9-7-18)15-12(14(16)21)4-3-5-17-15/h3-5,11H,6-10H2,1-2H3,(H2,16,21). The van der Waals surface area contributed by atoms with Crippen molar-refractivity contribution in [1.82, 2.24) is 9.88 Å². The molecule has 0 bridgehead atoms. The first-order valence-corrected chi connectivity index (χ1v) is 7.26. The summed E-state index contributed by atoms with van der Waals surface area (Å²) in [5.41, 5.74) is 5.81. The molecule has 2 heterocycles. The average molecular weight is 290 g/mol. The first-order chi connectivity index (χ1) is 9.99. The molecular weight excluding hydrogens is 268 g/mol. The van der Waals surface area contributed by atoms with Gasteiger partial charge in [-0.15, -0.1) is 0 Å². The smallest absolute Gasteiger partial charge is 0.252 e. The third kappa shape index (κ3) is 3.71. The Kier molecular flexibility index (Phi) is 4.77. The second-order valence-corrected chi connectivity index (χ2v) is 5.70. The van der Waals surface area contributed by atoms with Crippen LogP contribution in [0.5, 0.6) is 0 Å². The van der Waals surface area contributed by atoms with Crippen molar-refractivity contribution in [2.24, 2.45) is 11.7 Å². The van der Waals surface area contributed by atoms with E-state index < -0.39 is 5.91 Å². The molecule has 1 aliphatic rings. The van der Waals surface area contributed by atoms with Crippen molar-refractivity contribution in [3.05, 3.63) is 23.9 Å². The number of nitrogens with two attached hydrogens (primary N) is 1. The van der Waals surface area contributed by atoms with E-state index >= 15 is 0 Å². The van der Waals surface area contributed by atoms with Gasteiger partial charge in [0.1, 0.15) is 5.82 Å². The molecule has 2 rings (SSSR count). The highest BCUT2D eigenvalue weighted by Crippen LogP contribution is 2.19. The highest BCUT2D eigenvalue weighted by molar-refractivity contribution is 5.97. The Hall–Kier alpha value is -2.11. The van der Waals surface area contributed by atoms with Crippen molar-refractivity contribution >= 4 is 17.6 Å². The van der Waals surface area contributed by atoms with Crippen LogP contribution in [0.2, 0.25) is 0 Å². The van der Waals surface area contributed by atoms with Crippen LogP contribution in [0.3, 0.4) is 0 Å². The summed E-state index contributed by atoms with van der Waals surface area (Å²) in [5, 5.41) is 0. The molecule has 0 aromatic carbocycles. The second-order valence-electron chi connectivity index (χ2n) is 5.70. The van der Waals surface area contributed by atoms with Gasteiger partial charge in [0.05, 0.1) is 5.56 Å². The Labute approximate surface area is 124 Å². The van der Waals surface area contributed by atoms with E-state index in [0.29, 0.717) is 49.9 Å². The van der Waals surface area contributed by atoms with E-state index in [2.05, 4.69) is 4.98 Å². The molecule has 1 saturated heterocycles. The number of hydrogen-bond donors (Lipinski definition) is 1. The molecule has 6 nitrogen and oxygen atoms in total. The van der Waals surface area contributed by atoms with Crippen LogP contribution in [-0.2, 0) is 4.79 Å². The highest BCUT2D eigenvalue weighted by atomic mass is 16.2. The quantitative estimate of drug-likeness (QED) is 0.892. The summed E-state index contributed by atoms with van der Waals surface area (Å²) in [6.07, 6.45) is 2.23. The first kappa shape index (κ1) is 15.3. The Bertz CT molecular complexity index is 522. The Balaban J connectivity index is 2.01. The number of hydrogen-bond acceptors (Lipinski definition) is 4. The zero-order valence-electron chi connectivity index (χ0n) is 12.6. The van der Waals surface area contributed by atoms with Gasteiger partial charge in [0, 0.05) is 38.8 Å². The van der Waals surface area contributed by atoms with Gasteiger partial charge in [-0.05, 0) is 18.1 Å². The maximum absolute atomic E-state index is 12.0. The molecule has 1 aliphatic heterocycles. The van der Waals surface area contributed by atoms with Crippen LogP contribution in [0.1, 0.15) is 30.6 Å². The van der Waals surface area contributed by atoms with E-state index in [0.717, 1.165) is 0 Å². The van der Waals surface area contributed by atoms with Crippen LogP contribution < -0.4 is 10.6 Å². The number of nitrogens with zero attached hydrogens (tertiary/aromatic N) is 3. The molecule has 1 aromatic heterocycles. The monoisotopic (exact) mass is 290 g/mol. The van der Waals surface area contributed by atoms with Crippen molar-refractivity contribution in [3.8, 4) is 0 Å². The van der Waals surface area contributed by atoms with Gasteiger partial charge in [-0.25, -0.2) is 4.98 Å². The molecule has 0 aliphatic carbocycles. The molecule has 6 heteroatoms. The minimum absolute atomic E-state index is 0.195. The predicted octanol–water partition coefficient (Wildman–Crippen LogP) is 0.875. The molecule has 0 spiro atoms. The molecule has 2 N–H and O–H groups in total. The minimum Gasteiger partial charge on any atom is -0.365 e. The van der Waals surface area contributed by atoms with Gasteiger partial charge in [-0.1, -0.05) is 13.8 Å². The second kappa shape index (κ2) is 6.56. The molecule has 21 heavy (non-hydrogen) atoms. The number of primary amides is 1. The van der Waals surface area contributed by atoms with Gasteiger partial charge in [-0.2, -0.15) is 0 Å². The zero-order valence-corrected chi connectivity index (χ0v) is 12.6. The van der Waals surface area contributed by atoms with Crippen LogP contribution in [0, 0.1) is 5.92 Å². The van der Waals surface area contributed by atoms with E-state index in [1.807, 2.05) is 23.6 Å². The number of rotatable bonds is 4. The van der Waals surface area contributed by atoms with Crippen LogP contribution in [0.15, 0.2) is 18.3 Å². The number of carbonyl (C=O) groups is 2. The van der Waals surface area contributed by atoms with Gasteiger partial charge in [0.15, 0.2) is 0 Å². The summed E-state index contributed by atoms with van der Waals surface area (Å²) in [6, 6.07) is 3.38. The summed E-state index contributed by atoms with van der Waals surface area (Å²) in [6.45, 7) is 6.73. The normalized spacial score (nSPS) is 15.4. The van der Waals surface area contributed by atoms with Crippen molar-refractivity contribution in [1.29, 1.82) is 0 Å². The maximum atomic E-state index is 12.0. The Morgan fingerprint density at radius 2 is 1.95 bits per heavy atom. The molecular formula is C15H22N4O2. The summed E-state index contributed by atoms with van der Waals surface area (Å²) in [7, 11) is 0. The fraction of sp³-hybridized carbons (Fsp3) is 0.533. The Morgan fingerprint density at radius 3 is 2.52 bits per heavy atom. The topological polar surface area (TPSA) is 79.5 Å². The largest absolute Gasteiger partial charge is 0.365 e. The molecule has 0 radical (unpaired) electrons. The summed E-state index contributed by atoms with van der Waals surface area (Å²) in [5.74, 6) is 0.700. The third-order valence-corrected chi connectivity index (χ3v) is 3.57. The molecule has 0 saturated carbocycles. The SMILES string of the molecule is CC(C)CC(=O)N1CCN(c2ncccc2C(N)=O)CC1. The van der Waals surface area contributed by atoms with E-state index in [-0.39, 0.29) is 5.91 Å². The van der Waals surface area contributed by atoms with Crippen LogP contribution in [0.4, 0.5) is 5.82 Å². The number of amides is 2. The van der Waals surface area contributed by atoms with Gasteiger partial charge >= 0.3 is 0 Å². The molecule has 2 amide bonds. The summed E-state index contributed by atoms with van der Waals surface area (Å²) in [4.78, 5) is 31.6. The lowest BCUT2D eigenvalue weighted by Gasteiger charge is -2.36. The van der Waals surface area contributed by atoms with E-state index in [4.69, 9.17) is 5.73 Å². The summed E-state index contributed by atoms with van der Waals surface area (Å²) >= 11 is 0. The molecule has 0 atom stereocenters. The van der Waals surface area contributed by atoms with Gasteiger partial charge in [0.25, 0.3) is 5.91 Å². The van der Waals surface area contributed by atoms with E-state index in [1.54, 1.807) is 18.3 Å². The van der Waals surface area contributed by atoms with Gasteiger partial charge in [0.2, 0.25) is 5.91 Å². The molecule has 1 aromatic rings. The fourth-order valence-electron chi connectivity index (χ4n) is 2.49. The van der Waals surface area contributed by atoms with Crippen molar-refractivity contribution in [2.75, 3.05) is 31.1 Å². The number of piperazine rings is 1. The lowest BCUT2D eigenvalue weighted by molar-refractivity contribution is -0.132. The van der Waals surface area contributed by atoms with E-state index in [9.17, 15) is 9.59 Å². The maximum Gasteiger partial charge on any atom is 0.252 e. The zero-order chi connectivity index (χ0) is 15.4. The van der Waals surface area contributed by atoms with Gasteiger partial charge in [-0.3, -0.25) is 9.59 Å². The molecule has 114 valence electrons. The van der Waals surface area contributed by atoms with E-state index in [1.165, 1.54) is 0 Å². The van der Waals surface area contributed by atoms with Crippen LogP contribution in [-0.4, -0.2) is 47.9 Å². The van der Waals surface area contributed by atoms with Crippen molar-refractivity contribution < 1.29 is 9.59 Å². The summed E-state index contributed by atoms with van der Waals surface area (Å²) < 4.78 is 0. The average Bonchev–Trinajstić information content (AvgIpc) is 2.46. The van der Waals surface area contributed by atoms with Crippen LogP contribution in [0.25, 0.3) is 0 Å². The number of pyridine rings is 1. The van der Waals surface area contributed by atoms with Crippen molar-refractivity contribution in [2.45, 2.75) is 20.3 Å². The predicted molar refractivity (Wildman–Crippen MR) is 81.0 cm³/mol. The molecule has 0 unspecified atom stereocenters. The van der Waals surface area contributed by atoms with Gasteiger partial charge < -0.3 is 15.5 Å². The van der Waals surface area contributed by atoms with Crippen molar-refractivity contribution in [3.63, 3.8) is 0 Å². The lowest BCUT2D eigenvalue weighted by atomic mass is 10.1. The third-order valence-electron chi connectivity index (χ3n) is 3.57. The molecule has 1 fully saturated rings. The highest BCUT2D eigenvalue weighted by Gasteiger charge is 2.24. The number of carbonyl (C=O) groups excluding carboxylic acids is 2.